The number of benzene rings is 1. The minimum atomic E-state index is -0.146. The minimum Gasteiger partial charge on any atom is -0.491 e. The molecule has 2 atom stereocenters. The SMILES string of the molecule is Cc1c(Cl)cc(C(C)Nc2ncnc3c2ncn3C2CCCCO2)c(OCCN2CCOCC2)c1Br. The van der Waals surface area contributed by atoms with Crippen LogP contribution < -0.4 is 10.1 Å². The zero-order chi connectivity index (χ0) is 25.1. The molecule has 0 aliphatic carbocycles. The lowest BCUT2D eigenvalue weighted by Gasteiger charge is -2.27. The molecule has 1 N–H and O–H groups in total. The van der Waals surface area contributed by atoms with Crippen molar-refractivity contribution in [3.05, 3.63) is 39.3 Å². The molecule has 0 amide bonds. The molecule has 2 unspecified atom stereocenters. The highest BCUT2D eigenvalue weighted by Crippen LogP contribution is 2.40. The van der Waals surface area contributed by atoms with Crippen LogP contribution in [0.1, 0.15) is 49.6 Å². The molecule has 0 bridgehead atoms. The molecule has 11 heteroatoms. The molecule has 4 heterocycles. The maximum absolute atomic E-state index is 6.59. The molecular formula is C25H32BrClN6O3. The van der Waals surface area contributed by atoms with E-state index in [1.807, 2.05) is 17.6 Å². The van der Waals surface area contributed by atoms with Crippen LogP contribution in [0.4, 0.5) is 5.82 Å². The number of imidazole rings is 1. The molecule has 2 saturated heterocycles. The van der Waals surface area contributed by atoms with E-state index in [2.05, 4.69) is 48.0 Å². The lowest BCUT2D eigenvalue weighted by molar-refractivity contribution is -0.0298. The van der Waals surface area contributed by atoms with E-state index in [-0.39, 0.29) is 12.3 Å². The highest BCUT2D eigenvalue weighted by atomic mass is 79.9. The summed E-state index contributed by atoms with van der Waals surface area (Å²) >= 11 is 10.3. The number of rotatable bonds is 8. The summed E-state index contributed by atoms with van der Waals surface area (Å²) in [6.07, 6.45) is 6.50. The van der Waals surface area contributed by atoms with E-state index in [0.29, 0.717) is 23.0 Å². The van der Waals surface area contributed by atoms with Crippen LogP contribution in [0.25, 0.3) is 11.2 Å². The van der Waals surface area contributed by atoms with E-state index >= 15 is 0 Å². The molecule has 2 aromatic heterocycles. The number of anilines is 1. The Morgan fingerprint density at radius 3 is 2.83 bits per heavy atom. The maximum atomic E-state index is 6.59. The summed E-state index contributed by atoms with van der Waals surface area (Å²) in [6, 6.07) is 1.82. The van der Waals surface area contributed by atoms with Gasteiger partial charge in [-0.1, -0.05) is 11.6 Å². The van der Waals surface area contributed by atoms with Crippen molar-refractivity contribution >= 4 is 44.5 Å². The first-order valence-corrected chi connectivity index (χ1v) is 13.7. The number of aromatic nitrogens is 4. The van der Waals surface area contributed by atoms with Crippen LogP contribution in [0.5, 0.6) is 5.75 Å². The molecule has 2 aliphatic heterocycles. The second-order valence-electron chi connectivity index (χ2n) is 9.25. The molecule has 36 heavy (non-hydrogen) atoms. The van der Waals surface area contributed by atoms with Crippen LogP contribution >= 0.6 is 27.5 Å². The van der Waals surface area contributed by atoms with Gasteiger partial charge in [0.2, 0.25) is 0 Å². The van der Waals surface area contributed by atoms with E-state index in [1.165, 1.54) is 0 Å². The van der Waals surface area contributed by atoms with Crippen molar-refractivity contribution in [2.24, 2.45) is 0 Å². The minimum absolute atomic E-state index is 0.0396. The molecule has 0 saturated carbocycles. The highest BCUT2D eigenvalue weighted by molar-refractivity contribution is 9.10. The monoisotopic (exact) mass is 578 g/mol. The summed E-state index contributed by atoms with van der Waals surface area (Å²) in [5, 5.41) is 4.20. The van der Waals surface area contributed by atoms with E-state index in [0.717, 1.165) is 85.7 Å². The summed E-state index contributed by atoms with van der Waals surface area (Å²) in [5.74, 6) is 1.45. The number of nitrogens with one attached hydrogen (secondary N) is 1. The average molecular weight is 580 g/mol. The fourth-order valence-electron chi connectivity index (χ4n) is 4.68. The molecule has 1 aromatic carbocycles. The van der Waals surface area contributed by atoms with Crippen LogP contribution in [-0.2, 0) is 9.47 Å². The second-order valence-corrected chi connectivity index (χ2v) is 10.5. The third kappa shape index (κ3) is 5.47. The molecule has 3 aromatic rings. The predicted octanol–water partition coefficient (Wildman–Crippen LogP) is 5.13. The molecule has 0 radical (unpaired) electrons. The van der Waals surface area contributed by atoms with Crippen LogP contribution in [0.15, 0.2) is 23.2 Å². The van der Waals surface area contributed by atoms with Gasteiger partial charge in [0.05, 0.1) is 30.1 Å². The summed E-state index contributed by atoms with van der Waals surface area (Å²) in [5.41, 5.74) is 3.37. The van der Waals surface area contributed by atoms with E-state index in [4.69, 9.17) is 25.8 Å². The number of fused-ring (bicyclic) bond motifs is 1. The van der Waals surface area contributed by atoms with Gasteiger partial charge < -0.3 is 19.5 Å². The number of morpholine rings is 1. The summed E-state index contributed by atoms with van der Waals surface area (Å²) in [7, 11) is 0. The fraction of sp³-hybridized carbons (Fsp3) is 0.560. The third-order valence-electron chi connectivity index (χ3n) is 6.83. The van der Waals surface area contributed by atoms with Crippen molar-refractivity contribution in [2.75, 3.05) is 51.4 Å². The summed E-state index contributed by atoms with van der Waals surface area (Å²) < 4.78 is 20.6. The van der Waals surface area contributed by atoms with Crippen molar-refractivity contribution in [1.82, 2.24) is 24.4 Å². The molecule has 5 rings (SSSR count). The zero-order valence-electron chi connectivity index (χ0n) is 20.7. The zero-order valence-corrected chi connectivity index (χ0v) is 23.0. The van der Waals surface area contributed by atoms with Gasteiger partial charge in [-0.25, -0.2) is 15.0 Å². The molecule has 194 valence electrons. The maximum Gasteiger partial charge on any atom is 0.167 e. The van der Waals surface area contributed by atoms with Crippen molar-refractivity contribution in [3.8, 4) is 5.75 Å². The first-order valence-electron chi connectivity index (χ1n) is 12.5. The first kappa shape index (κ1) is 25.7. The van der Waals surface area contributed by atoms with E-state index < -0.39 is 0 Å². The van der Waals surface area contributed by atoms with E-state index in [9.17, 15) is 0 Å². The molecule has 0 spiro atoms. The van der Waals surface area contributed by atoms with Crippen LogP contribution in [0, 0.1) is 6.92 Å². The summed E-state index contributed by atoms with van der Waals surface area (Å²) in [6.45, 7) is 9.62. The standard InChI is InChI=1S/C25H32BrClN6O3/c1-16-19(27)13-18(23(21(16)26)36-12-8-32-6-10-34-11-7-32)17(2)31-24-22-25(29-14-28-24)33(15-30-22)20-5-3-4-9-35-20/h13-15,17,20H,3-12H2,1-2H3,(H,28,29,31). The fourth-order valence-corrected chi connectivity index (χ4v) is 5.56. The Morgan fingerprint density at radius 1 is 1.22 bits per heavy atom. The van der Waals surface area contributed by atoms with E-state index in [1.54, 1.807) is 12.7 Å². The largest absolute Gasteiger partial charge is 0.491 e. The molecule has 2 fully saturated rings. The molecular weight excluding hydrogens is 548 g/mol. The Bertz CT molecular complexity index is 1200. The Hall–Kier alpha value is -1.98. The topological polar surface area (TPSA) is 86.6 Å². The van der Waals surface area contributed by atoms with Gasteiger partial charge in [-0.15, -0.1) is 0 Å². The van der Waals surface area contributed by atoms with Crippen molar-refractivity contribution in [1.29, 1.82) is 0 Å². The quantitative estimate of drug-likeness (QED) is 0.393. The van der Waals surface area contributed by atoms with Gasteiger partial charge in [-0.05, 0) is 60.7 Å². The Balaban J connectivity index is 1.37. The van der Waals surface area contributed by atoms with Gasteiger partial charge >= 0.3 is 0 Å². The average Bonchev–Trinajstić information content (AvgIpc) is 3.35. The lowest BCUT2D eigenvalue weighted by atomic mass is 10.0. The van der Waals surface area contributed by atoms with Crippen LogP contribution in [0.2, 0.25) is 5.02 Å². The Morgan fingerprint density at radius 2 is 2.06 bits per heavy atom. The van der Waals surface area contributed by atoms with Crippen LogP contribution in [0.3, 0.4) is 0 Å². The summed E-state index contributed by atoms with van der Waals surface area (Å²) in [4.78, 5) is 16.0. The van der Waals surface area contributed by atoms with Crippen LogP contribution in [-0.4, -0.2) is 70.5 Å². The number of halogens is 2. The highest BCUT2D eigenvalue weighted by Gasteiger charge is 2.23. The van der Waals surface area contributed by atoms with Crippen molar-refractivity contribution < 1.29 is 14.2 Å². The van der Waals surface area contributed by atoms with Gasteiger partial charge in [0, 0.05) is 36.8 Å². The number of hydrogen-bond acceptors (Lipinski definition) is 8. The molecule has 2 aliphatic rings. The first-order chi connectivity index (χ1) is 17.5. The number of hydrogen-bond donors (Lipinski definition) is 1. The van der Waals surface area contributed by atoms with Crippen molar-refractivity contribution in [3.63, 3.8) is 0 Å². The van der Waals surface area contributed by atoms with Crippen molar-refractivity contribution in [2.45, 2.75) is 45.4 Å². The Labute approximate surface area is 224 Å². The Kier molecular flexibility index (Phi) is 8.27. The number of ether oxygens (including phenoxy) is 3. The normalized spacial score (nSPS) is 19.9. The second kappa shape index (κ2) is 11.6. The van der Waals surface area contributed by atoms with Gasteiger partial charge in [-0.2, -0.15) is 0 Å². The molecule has 9 nitrogen and oxygen atoms in total. The van der Waals surface area contributed by atoms with Gasteiger partial charge in [0.25, 0.3) is 0 Å². The number of nitrogens with zero attached hydrogens (tertiary/aromatic N) is 5. The van der Waals surface area contributed by atoms with Gasteiger partial charge in [0.15, 0.2) is 17.0 Å². The predicted molar refractivity (Wildman–Crippen MR) is 143 cm³/mol. The smallest absolute Gasteiger partial charge is 0.167 e. The van der Waals surface area contributed by atoms with Gasteiger partial charge in [0.1, 0.15) is 24.9 Å². The van der Waals surface area contributed by atoms with Gasteiger partial charge in [-0.3, -0.25) is 9.47 Å². The third-order valence-corrected chi connectivity index (χ3v) is 8.18. The lowest BCUT2D eigenvalue weighted by Crippen LogP contribution is -2.38.